The lowest BCUT2D eigenvalue weighted by Crippen LogP contribution is -2.48. The van der Waals surface area contributed by atoms with Gasteiger partial charge in [-0.2, -0.15) is 0 Å². The van der Waals surface area contributed by atoms with E-state index in [9.17, 15) is 9.18 Å². The molecule has 2 aromatic rings. The third-order valence-corrected chi connectivity index (χ3v) is 4.84. The highest BCUT2D eigenvalue weighted by Crippen LogP contribution is 2.24. The molecule has 0 unspecified atom stereocenters. The van der Waals surface area contributed by atoms with Crippen LogP contribution in [-0.4, -0.2) is 41.9 Å². The number of hydrogen-bond donors (Lipinski definition) is 1. The summed E-state index contributed by atoms with van der Waals surface area (Å²) in [7, 11) is 0. The lowest BCUT2D eigenvalue weighted by molar-refractivity contribution is 0.0629. The van der Waals surface area contributed by atoms with Crippen LogP contribution < -0.4 is 5.73 Å². The molecule has 1 saturated heterocycles. The van der Waals surface area contributed by atoms with Crippen LogP contribution in [0.2, 0.25) is 0 Å². The van der Waals surface area contributed by atoms with Gasteiger partial charge in [0, 0.05) is 38.4 Å². The van der Waals surface area contributed by atoms with Crippen LogP contribution in [0.15, 0.2) is 46.9 Å². The fourth-order valence-corrected chi connectivity index (χ4v) is 3.23. The SMILES string of the molecule is Nc1cc(Br)c(F)cc1C(=O)N1CCN(Cc2ccccc2)CC1. The van der Waals surface area contributed by atoms with E-state index < -0.39 is 5.82 Å². The van der Waals surface area contributed by atoms with Crippen LogP contribution in [0.5, 0.6) is 0 Å². The van der Waals surface area contributed by atoms with Crippen LogP contribution >= 0.6 is 15.9 Å². The molecule has 0 saturated carbocycles. The summed E-state index contributed by atoms with van der Waals surface area (Å²) >= 11 is 3.08. The van der Waals surface area contributed by atoms with Crippen molar-refractivity contribution in [1.82, 2.24) is 9.80 Å². The van der Waals surface area contributed by atoms with E-state index in [4.69, 9.17) is 5.73 Å². The molecule has 1 amide bonds. The fraction of sp³-hybridized carbons (Fsp3) is 0.278. The van der Waals surface area contributed by atoms with Crippen LogP contribution in [-0.2, 0) is 6.54 Å². The van der Waals surface area contributed by atoms with Gasteiger partial charge in [-0.1, -0.05) is 30.3 Å². The predicted molar refractivity (Wildman–Crippen MR) is 96.1 cm³/mol. The number of hydrogen-bond acceptors (Lipinski definition) is 3. The summed E-state index contributed by atoms with van der Waals surface area (Å²) in [4.78, 5) is 16.6. The molecule has 2 N–H and O–H groups in total. The third kappa shape index (κ3) is 3.76. The first-order valence-electron chi connectivity index (χ1n) is 7.84. The fourth-order valence-electron chi connectivity index (χ4n) is 2.87. The summed E-state index contributed by atoms with van der Waals surface area (Å²) in [6.45, 7) is 3.68. The number of carbonyl (C=O) groups excluding carboxylic acids is 1. The number of nitrogen functional groups attached to an aromatic ring is 1. The van der Waals surface area contributed by atoms with E-state index in [-0.39, 0.29) is 15.9 Å². The molecular formula is C18H19BrFN3O. The largest absolute Gasteiger partial charge is 0.398 e. The molecule has 6 heteroatoms. The molecule has 1 aliphatic rings. The monoisotopic (exact) mass is 391 g/mol. The molecular weight excluding hydrogens is 373 g/mol. The predicted octanol–water partition coefficient (Wildman–Crippen LogP) is 3.13. The van der Waals surface area contributed by atoms with Crippen molar-refractivity contribution < 1.29 is 9.18 Å². The Morgan fingerprint density at radius 1 is 1.12 bits per heavy atom. The maximum atomic E-state index is 13.7. The van der Waals surface area contributed by atoms with Crippen molar-refractivity contribution in [2.45, 2.75) is 6.54 Å². The smallest absolute Gasteiger partial charge is 0.256 e. The Kier molecular flexibility index (Phi) is 5.16. The molecule has 0 radical (unpaired) electrons. The van der Waals surface area contributed by atoms with Crippen LogP contribution in [0, 0.1) is 5.82 Å². The summed E-state index contributed by atoms with van der Waals surface area (Å²) in [5, 5.41) is 0. The van der Waals surface area contributed by atoms with Gasteiger partial charge in [0.25, 0.3) is 5.91 Å². The molecule has 24 heavy (non-hydrogen) atoms. The number of nitrogens with two attached hydrogens (primary N) is 1. The van der Waals surface area contributed by atoms with E-state index in [2.05, 4.69) is 33.0 Å². The minimum atomic E-state index is -0.477. The number of nitrogens with zero attached hydrogens (tertiary/aromatic N) is 2. The molecule has 2 aromatic carbocycles. The minimum absolute atomic E-state index is 0.210. The van der Waals surface area contributed by atoms with Crippen molar-refractivity contribution in [2.24, 2.45) is 0 Å². The first kappa shape index (κ1) is 16.9. The summed E-state index contributed by atoms with van der Waals surface area (Å²) < 4.78 is 14.0. The maximum Gasteiger partial charge on any atom is 0.256 e. The van der Waals surface area contributed by atoms with Crippen molar-refractivity contribution in [3.8, 4) is 0 Å². The Morgan fingerprint density at radius 2 is 1.79 bits per heavy atom. The zero-order chi connectivity index (χ0) is 17.1. The number of rotatable bonds is 3. The van der Waals surface area contributed by atoms with Gasteiger partial charge in [0.05, 0.1) is 10.0 Å². The zero-order valence-electron chi connectivity index (χ0n) is 13.2. The van der Waals surface area contributed by atoms with Crippen LogP contribution in [0.1, 0.15) is 15.9 Å². The summed E-state index contributed by atoms with van der Waals surface area (Å²) in [6, 6.07) is 12.9. The highest BCUT2D eigenvalue weighted by atomic mass is 79.9. The molecule has 0 aromatic heterocycles. The lowest BCUT2D eigenvalue weighted by Gasteiger charge is -2.35. The number of carbonyl (C=O) groups is 1. The molecule has 4 nitrogen and oxygen atoms in total. The first-order chi connectivity index (χ1) is 11.5. The van der Waals surface area contributed by atoms with Crippen molar-refractivity contribution in [3.05, 3.63) is 63.9 Å². The number of piperazine rings is 1. The van der Waals surface area contributed by atoms with Gasteiger partial charge in [-0.3, -0.25) is 9.69 Å². The number of halogens is 2. The highest BCUT2D eigenvalue weighted by molar-refractivity contribution is 9.10. The quantitative estimate of drug-likeness (QED) is 0.817. The van der Waals surface area contributed by atoms with Gasteiger partial charge in [-0.15, -0.1) is 0 Å². The molecule has 0 aliphatic carbocycles. The van der Waals surface area contributed by atoms with Crippen molar-refractivity contribution >= 4 is 27.5 Å². The van der Waals surface area contributed by atoms with Crippen molar-refractivity contribution in [3.63, 3.8) is 0 Å². The summed E-state index contributed by atoms with van der Waals surface area (Å²) in [6.07, 6.45) is 0. The van der Waals surface area contributed by atoms with E-state index in [0.717, 1.165) is 19.6 Å². The normalized spacial score (nSPS) is 15.5. The lowest BCUT2D eigenvalue weighted by atomic mass is 10.1. The minimum Gasteiger partial charge on any atom is -0.398 e. The summed E-state index contributed by atoms with van der Waals surface area (Å²) in [5.41, 5.74) is 7.65. The first-order valence-corrected chi connectivity index (χ1v) is 8.64. The average Bonchev–Trinajstić information content (AvgIpc) is 2.59. The van der Waals surface area contributed by atoms with Gasteiger partial charge >= 0.3 is 0 Å². The second kappa shape index (κ2) is 7.32. The second-order valence-electron chi connectivity index (χ2n) is 5.91. The summed E-state index contributed by atoms with van der Waals surface area (Å²) in [5.74, 6) is -0.687. The molecule has 1 heterocycles. The Balaban J connectivity index is 1.62. The molecule has 3 rings (SSSR count). The van der Waals surface area contributed by atoms with Gasteiger partial charge in [0.15, 0.2) is 0 Å². The van der Waals surface area contributed by atoms with Gasteiger partial charge in [-0.05, 0) is 33.6 Å². The highest BCUT2D eigenvalue weighted by Gasteiger charge is 2.24. The van der Waals surface area contributed by atoms with E-state index in [1.54, 1.807) is 4.90 Å². The van der Waals surface area contributed by atoms with Gasteiger partial charge in [0.1, 0.15) is 5.82 Å². The number of benzene rings is 2. The molecule has 0 bridgehead atoms. The zero-order valence-corrected chi connectivity index (χ0v) is 14.8. The van der Waals surface area contributed by atoms with Crippen LogP contribution in [0.4, 0.5) is 10.1 Å². The molecule has 0 atom stereocenters. The van der Waals surface area contributed by atoms with Crippen molar-refractivity contribution in [2.75, 3.05) is 31.9 Å². The maximum absolute atomic E-state index is 13.7. The Morgan fingerprint density at radius 3 is 2.46 bits per heavy atom. The van der Waals surface area contributed by atoms with E-state index >= 15 is 0 Å². The molecule has 1 fully saturated rings. The average molecular weight is 392 g/mol. The Bertz CT molecular complexity index is 731. The number of anilines is 1. The third-order valence-electron chi connectivity index (χ3n) is 4.23. The Labute approximate surface area is 149 Å². The van der Waals surface area contributed by atoms with E-state index in [0.29, 0.717) is 18.8 Å². The van der Waals surface area contributed by atoms with Gasteiger partial charge < -0.3 is 10.6 Å². The standard InChI is InChI=1S/C18H19BrFN3O/c19-15-11-17(21)14(10-16(15)20)18(24)23-8-6-22(7-9-23)12-13-4-2-1-3-5-13/h1-5,10-11H,6-9,12,21H2. The van der Waals surface area contributed by atoms with Gasteiger partial charge in [-0.25, -0.2) is 4.39 Å². The van der Waals surface area contributed by atoms with Crippen LogP contribution in [0.3, 0.4) is 0 Å². The van der Waals surface area contributed by atoms with Gasteiger partial charge in [0.2, 0.25) is 0 Å². The van der Waals surface area contributed by atoms with Crippen molar-refractivity contribution in [1.29, 1.82) is 0 Å². The number of amides is 1. The molecule has 126 valence electrons. The second-order valence-corrected chi connectivity index (χ2v) is 6.76. The Hall–Kier alpha value is -1.92. The van der Waals surface area contributed by atoms with Crippen LogP contribution in [0.25, 0.3) is 0 Å². The molecule has 0 spiro atoms. The van der Waals surface area contributed by atoms with E-state index in [1.165, 1.54) is 17.7 Å². The molecule has 1 aliphatic heterocycles. The van der Waals surface area contributed by atoms with E-state index in [1.807, 2.05) is 18.2 Å². The topological polar surface area (TPSA) is 49.6 Å².